The summed E-state index contributed by atoms with van der Waals surface area (Å²) in [7, 11) is 0. The first-order valence-electron chi connectivity index (χ1n) is 5.43. The van der Waals surface area contributed by atoms with Crippen LogP contribution >= 0.6 is 40.1 Å². The van der Waals surface area contributed by atoms with Crippen LogP contribution in [-0.4, -0.2) is 5.17 Å². The number of furan rings is 1. The number of rotatable bonds is 4. The Kier molecular flexibility index (Phi) is 7.05. The van der Waals surface area contributed by atoms with Crippen LogP contribution in [-0.2, 0) is 12.3 Å². The molecule has 0 unspecified atom stereocenters. The third kappa shape index (κ3) is 5.72. The minimum atomic E-state index is 0. The number of benzene rings is 1. The molecule has 0 spiro atoms. The standard InChI is InChI=1S/C13H13BrN2OS.ClH/c14-11-5-3-10(4-6-11)9-18-13(15)16-8-12-2-1-7-17-12;/h1-7H,8-9H2,(H2,15,16);1H. The maximum Gasteiger partial charge on any atom is 0.154 e. The smallest absolute Gasteiger partial charge is 0.154 e. The maximum absolute atomic E-state index is 5.83. The molecule has 0 saturated carbocycles. The van der Waals surface area contributed by atoms with Gasteiger partial charge in [-0.15, -0.1) is 12.4 Å². The van der Waals surface area contributed by atoms with E-state index in [9.17, 15) is 0 Å². The molecular weight excluding hydrogens is 348 g/mol. The average molecular weight is 362 g/mol. The molecule has 19 heavy (non-hydrogen) atoms. The molecule has 3 nitrogen and oxygen atoms in total. The van der Waals surface area contributed by atoms with Gasteiger partial charge in [-0.1, -0.05) is 39.8 Å². The van der Waals surface area contributed by atoms with E-state index in [0.717, 1.165) is 16.0 Å². The van der Waals surface area contributed by atoms with Crippen LogP contribution < -0.4 is 5.73 Å². The molecule has 0 amide bonds. The van der Waals surface area contributed by atoms with Gasteiger partial charge >= 0.3 is 0 Å². The Morgan fingerprint density at radius 3 is 2.63 bits per heavy atom. The summed E-state index contributed by atoms with van der Waals surface area (Å²) in [6.07, 6.45) is 1.63. The van der Waals surface area contributed by atoms with E-state index in [1.165, 1.54) is 17.3 Å². The summed E-state index contributed by atoms with van der Waals surface area (Å²) in [5.74, 6) is 1.64. The van der Waals surface area contributed by atoms with Gasteiger partial charge in [0, 0.05) is 10.2 Å². The second-order valence-electron chi connectivity index (χ2n) is 3.65. The molecule has 0 atom stereocenters. The van der Waals surface area contributed by atoms with Crippen molar-refractivity contribution >= 4 is 45.3 Å². The van der Waals surface area contributed by atoms with E-state index < -0.39 is 0 Å². The van der Waals surface area contributed by atoms with Crippen LogP contribution in [0.1, 0.15) is 11.3 Å². The third-order valence-electron chi connectivity index (χ3n) is 2.27. The van der Waals surface area contributed by atoms with E-state index in [2.05, 4.69) is 33.1 Å². The van der Waals surface area contributed by atoms with E-state index in [0.29, 0.717) is 11.7 Å². The number of thioether (sulfide) groups is 1. The number of aliphatic imine (C=N–C) groups is 1. The fourth-order valence-corrected chi connectivity index (χ4v) is 2.27. The molecule has 2 rings (SSSR count). The topological polar surface area (TPSA) is 51.5 Å². The van der Waals surface area contributed by atoms with Crippen LogP contribution in [0, 0.1) is 0 Å². The molecule has 1 aromatic carbocycles. The van der Waals surface area contributed by atoms with Gasteiger partial charge in [0.1, 0.15) is 5.76 Å². The molecule has 0 aliphatic rings. The van der Waals surface area contributed by atoms with Crippen LogP contribution in [0.4, 0.5) is 0 Å². The number of hydrogen-bond acceptors (Lipinski definition) is 3. The van der Waals surface area contributed by atoms with E-state index >= 15 is 0 Å². The minimum Gasteiger partial charge on any atom is -0.467 e. The zero-order valence-electron chi connectivity index (χ0n) is 10.1. The monoisotopic (exact) mass is 360 g/mol. The molecule has 0 fully saturated rings. The van der Waals surface area contributed by atoms with Gasteiger partial charge in [0.2, 0.25) is 0 Å². The largest absolute Gasteiger partial charge is 0.467 e. The number of nitrogens with zero attached hydrogens (tertiary/aromatic N) is 1. The highest BCUT2D eigenvalue weighted by atomic mass is 79.9. The highest BCUT2D eigenvalue weighted by Crippen LogP contribution is 2.16. The summed E-state index contributed by atoms with van der Waals surface area (Å²) in [5, 5.41) is 0.578. The van der Waals surface area contributed by atoms with Crippen LogP contribution in [0.25, 0.3) is 0 Å². The lowest BCUT2D eigenvalue weighted by Gasteiger charge is -2.01. The lowest BCUT2D eigenvalue weighted by atomic mass is 10.2. The molecular formula is C13H14BrClN2OS. The summed E-state index contributed by atoms with van der Waals surface area (Å²) in [4.78, 5) is 4.25. The third-order valence-corrected chi connectivity index (χ3v) is 3.70. The van der Waals surface area contributed by atoms with Gasteiger partial charge in [0.15, 0.2) is 5.17 Å². The Hall–Kier alpha value is -0.910. The van der Waals surface area contributed by atoms with Crippen molar-refractivity contribution in [2.75, 3.05) is 0 Å². The number of hydrogen-bond donors (Lipinski definition) is 1. The zero-order chi connectivity index (χ0) is 12.8. The normalized spacial score (nSPS) is 11.1. The van der Waals surface area contributed by atoms with Crippen LogP contribution in [0.15, 0.2) is 56.5 Å². The number of halogens is 2. The summed E-state index contributed by atoms with van der Waals surface area (Å²) < 4.78 is 6.26. The van der Waals surface area contributed by atoms with Crippen molar-refractivity contribution in [1.82, 2.24) is 0 Å². The van der Waals surface area contributed by atoms with Gasteiger partial charge in [-0.3, -0.25) is 4.99 Å². The van der Waals surface area contributed by atoms with Gasteiger partial charge in [-0.25, -0.2) is 0 Å². The Morgan fingerprint density at radius 2 is 2.00 bits per heavy atom. The lowest BCUT2D eigenvalue weighted by molar-refractivity contribution is 0.513. The summed E-state index contributed by atoms with van der Waals surface area (Å²) >= 11 is 4.93. The van der Waals surface area contributed by atoms with Crippen molar-refractivity contribution in [2.24, 2.45) is 10.7 Å². The van der Waals surface area contributed by atoms with Crippen molar-refractivity contribution in [1.29, 1.82) is 0 Å². The van der Waals surface area contributed by atoms with E-state index in [-0.39, 0.29) is 12.4 Å². The molecule has 102 valence electrons. The molecule has 0 aliphatic heterocycles. The molecule has 1 aromatic heterocycles. The maximum atomic E-state index is 5.83. The Bertz CT molecular complexity index is 514. The molecule has 0 aliphatic carbocycles. The van der Waals surface area contributed by atoms with Crippen LogP contribution in [0.2, 0.25) is 0 Å². The van der Waals surface area contributed by atoms with Crippen LogP contribution in [0.5, 0.6) is 0 Å². The summed E-state index contributed by atoms with van der Waals surface area (Å²) in [6.45, 7) is 0.492. The Balaban J connectivity index is 0.00000180. The quantitative estimate of drug-likeness (QED) is 0.655. The lowest BCUT2D eigenvalue weighted by Crippen LogP contribution is -2.07. The first-order valence-corrected chi connectivity index (χ1v) is 7.21. The summed E-state index contributed by atoms with van der Waals surface area (Å²) in [5.41, 5.74) is 7.05. The molecule has 0 saturated heterocycles. The minimum absolute atomic E-state index is 0. The molecule has 0 radical (unpaired) electrons. The van der Waals surface area contributed by atoms with Crippen molar-refractivity contribution in [3.05, 3.63) is 58.5 Å². The van der Waals surface area contributed by atoms with E-state index in [1.807, 2.05) is 24.3 Å². The van der Waals surface area contributed by atoms with E-state index in [1.54, 1.807) is 6.26 Å². The predicted octanol–water partition coefficient (Wildman–Crippen LogP) is 4.21. The van der Waals surface area contributed by atoms with Crippen molar-refractivity contribution in [2.45, 2.75) is 12.3 Å². The highest BCUT2D eigenvalue weighted by molar-refractivity contribution is 9.10. The van der Waals surface area contributed by atoms with Gasteiger partial charge in [-0.05, 0) is 29.8 Å². The molecule has 1 heterocycles. The van der Waals surface area contributed by atoms with Crippen molar-refractivity contribution in [3.63, 3.8) is 0 Å². The first-order chi connectivity index (χ1) is 8.74. The SMILES string of the molecule is Cl.NC(=NCc1ccco1)SCc1ccc(Br)cc1. The summed E-state index contributed by atoms with van der Waals surface area (Å²) in [6, 6.07) is 11.9. The van der Waals surface area contributed by atoms with Crippen molar-refractivity contribution < 1.29 is 4.42 Å². The fraction of sp³-hybridized carbons (Fsp3) is 0.154. The average Bonchev–Trinajstić information content (AvgIpc) is 2.89. The molecule has 2 N–H and O–H groups in total. The van der Waals surface area contributed by atoms with Crippen molar-refractivity contribution in [3.8, 4) is 0 Å². The number of nitrogens with two attached hydrogens (primary N) is 1. The second-order valence-corrected chi connectivity index (χ2v) is 5.56. The Labute approximate surface area is 131 Å². The number of amidine groups is 1. The van der Waals surface area contributed by atoms with Gasteiger partial charge in [0.05, 0.1) is 12.8 Å². The first kappa shape index (κ1) is 16.1. The zero-order valence-corrected chi connectivity index (χ0v) is 13.3. The molecule has 6 heteroatoms. The highest BCUT2D eigenvalue weighted by Gasteiger charge is 1.98. The van der Waals surface area contributed by atoms with E-state index in [4.69, 9.17) is 10.2 Å². The van der Waals surface area contributed by atoms with Gasteiger partial charge in [-0.2, -0.15) is 0 Å². The Morgan fingerprint density at radius 1 is 1.26 bits per heavy atom. The predicted molar refractivity (Wildman–Crippen MR) is 86.7 cm³/mol. The van der Waals surface area contributed by atoms with Crippen LogP contribution in [0.3, 0.4) is 0 Å². The fourth-order valence-electron chi connectivity index (χ4n) is 1.34. The van der Waals surface area contributed by atoms with Gasteiger partial charge < -0.3 is 10.2 Å². The second kappa shape index (κ2) is 8.30. The molecule has 0 bridgehead atoms. The molecule has 2 aromatic rings. The van der Waals surface area contributed by atoms with Gasteiger partial charge in [0.25, 0.3) is 0 Å².